The number of hydrogen-bond donors (Lipinski definition) is 2. The summed E-state index contributed by atoms with van der Waals surface area (Å²) < 4.78 is 39.9. The molecule has 1 unspecified atom stereocenters. The molecule has 4 heterocycles. The summed E-state index contributed by atoms with van der Waals surface area (Å²) in [5, 5.41) is 6.86. The van der Waals surface area contributed by atoms with Crippen LogP contribution < -0.4 is 5.32 Å². The van der Waals surface area contributed by atoms with Crippen molar-refractivity contribution in [2.75, 3.05) is 0 Å². The van der Waals surface area contributed by atoms with Gasteiger partial charge >= 0.3 is 6.18 Å². The van der Waals surface area contributed by atoms with E-state index in [1.807, 2.05) is 11.4 Å². The van der Waals surface area contributed by atoms with Gasteiger partial charge in [0.25, 0.3) is 5.91 Å². The topological polar surface area (TPSA) is 88.0 Å². The van der Waals surface area contributed by atoms with Crippen molar-refractivity contribution in [3.05, 3.63) is 48.3 Å². The molecular weight excluding hydrogens is 409 g/mol. The van der Waals surface area contributed by atoms with Crippen molar-refractivity contribution in [3.63, 3.8) is 0 Å². The predicted molar refractivity (Wildman–Crippen MR) is 110 cm³/mol. The highest BCUT2D eigenvalue weighted by atomic mass is 19.4. The van der Waals surface area contributed by atoms with Gasteiger partial charge in [0.1, 0.15) is 17.5 Å². The molecular formula is C21H21F3N6O. The van der Waals surface area contributed by atoms with Gasteiger partial charge in [-0.05, 0) is 30.5 Å². The van der Waals surface area contributed by atoms with Crippen LogP contribution in [0.1, 0.15) is 37.0 Å². The fraction of sp³-hybridized carbons (Fsp3) is 0.333. The molecule has 0 saturated heterocycles. The molecule has 1 amide bonds. The third-order valence-electron chi connectivity index (χ3n) is 4.99. The van der Waals surface area contributed by atoms with Gasteiger partial charge < -0.3 is 10.3 Å². The molecule has 0 fully saturated rings. The van der Waals surface area contributed by atoms with Crippen molar-refractivity contribution in [1.82, 2.24) is 29.9 Å². The lowest BCUT2D eigenvalue weighted by Crippen LogP contribution is -2.43. The molecule has 0 aliphatic heterocycles. The number of nitrogens with zero attached hydrogens (tertiary/aromatic N) is 4. The molecule has 0 spiro atoms. The minimum atomic E-state index is -4.53. The first-order valence-corrected chi connectivity index (χ1v) is 9.82. The zero-order valence-electron chi connectivity index (χ0n) is 17.2. The summed E-state index contributed by atoms with van der Waals surface area (Å²) in [6.07, 6.45) is 2.70. The third kappa shape index (κ3) is 4.10. The lowest BCUT2D eigenvalue weighted by molar-refractivity contribution is -0.149. The van der Waals surface area contributed by atoms with Crippen LogP contribution in [0, 0.1) is 5.92 Å². The quantitative estimate of drug-likeness (QED) is 0.498. The molecule has 7 nitrogen and oxygen atoms in total. The van der Waals surface area contributed by atoms with Crippen LogP contribution in [0.5, 0.6) is 0 Å². The van der Waals surface area contributed by atoms with Crippen molar-refractivity contribution >= 4 is 22.5 Å². The van der Waals surface area contributed by atoms with Crippen molar-refractivity contribution in [2.24, 2.45) is 5.92 Å². The van der Waals surface area contributed by atoms with Crippen LogP contribution in [0.3, 0.4) is 0 Å². The number of H-pyrrole nitrogens is 1. The maximum atomic E-state index is 12.8. The van der Waals surface area contributed by atoms with E-state index in [2.05, 4.69) is 33.9 Å². The monoisotopic (exact) mass is 430 g/mol. The largest absolute Gasteiger partial charge is 0.408 e. The highest BCUT2D eigenvalue weighted by Crippen LogP contribution is 2.29. The average molecular weight is 430 g/mol. The van der Waals surface area contributed by atoms with E-state index in [1.165, 1.54) is 10.7 Å². The zero-order valence-corrected chi connectivity index (χ0v) is 17.2. The number of alkyl halides is 3. The summed E-state index contributed by atoms with van der Waals surface area (Å²) in [5.41, 5.74) is 2.75. The summed E-state index contributed by atoms with van der Waals surface area (Å²) in [4.78, 5) is 24.6. The molecule has 0 aliphatic rings. The molecule has 4 rings (SSSR count). The van der Waals surface area contributed by atoms with Crippen LogP contribution in [0.25, 0.3) is 27.7 Å². The smallest absolute Gasteiger partial charge is 0.345 e. The highest BCUT2D eigenvalue weighted by Gasteiger charge is 2.37. The number of fused-ring (bicyclic) bond motifs is 2. The van der Waals surface area contributed by atoms with E-state index in [0.717, 1.165) is 35.7 Å². The molecule has 0 aliphatic carbocycles. The zero-order chi connectivity index (χ0) is 22.3. The van der Waals surface area contributed by atoms with Gasteiger partial charge in [0.05, 0.1) is 17.3 Å². The van der Waals surface area contributed by atoms with Gasteiger partial charge in [-0.3, -0.25) is 4.79 Å². The summed E-state index contributed by atoms with van der Waals surface area (Å²) in [5.74, 6) is 0.346. The molecule has 10 heteroatoms. The fourth-order valence-corrected chi connectivity index (χ4v) is 3.33. The molecule has 162 valence electrons. The second-order valence-electron chi connectivity index (χ2n) is 7.89. The van der Waals surface area contributed by atoms with Gasteiger partial charge in [0, 0.05) is 36.0 Å². The Balaban J connectivity index is 1.70. The molecule has 1 atom stereocenters. The molecule has 4 aromatic rings. The normalized spacial score (nSPS) is 13.3. The maximum absolute atomic E-state index is 12.8. The third-order valence-corrected chi connectivity index (χ3v) is 4.99. The van der Waals surface area contributed by atoms with E-state index in [4.69, 9.17) is 0 Å². The lowest BCUT2D eigenvalue weighted by atomic mass is 10.1. The summed E-state index contributed by atoms with van der Waals surface area (Å²) >= 11 is 0. The first-order valence-electron chi connectivity index (χ1n) is 9.82. The molecule has 0 saturated carbocycles. The number of rotatable bonds is 5. The number of carbonyl (C=O) groups excluding carboxylic acids is 1. The Morgan fingerprint density at radius 2 is 2.03 bits per heavy atom. The van der Waals surface area contributed by atoms with Gasteiger partial charge in [-0.25, -0.2) is 14.5 Å². The molecule has 0 radical (unpaired) electrons. The van der Waals surface area contributed by atoms with Crippen LogP contribution in [0.4, 0.5) is 13.2 Å². The van der Waals surface area contributed by atoms with Crippen LogP contribution in [0.15, 0.2) is 36.9 Å². The van der Waals surface area contributed by atoms with Crippen molar-refractivity contribution in [1.29, 1.82) is 0 Å². The van der Waals surface area contributed by atoms with Gasteiger partial charge in [-0.15, -0.1) is 0 Å². The van der Waals surface area contributed by atoms with Gasteiger partial charge in [-0.1, -0.05) is 13.8 Å². The Labute approximate surface area is 175 Å². The Bertz CT molecular complexity index is 1260. The van der Waals surface area contributed by atoms with E-state index in [0.29, 0.717) is 17.1 Å². The number of amides is 1. The Kier molecular flexibility index (Phi) is 5.16. The Hall–Kier alpha value is -3.43. The number of hydrogen-bond acceptors (Lipinski definition) is 4. The minimum absolute atomic E-state index is 0.0632. The molecule has 31 heavy (non-hydrogen) atoms. The van der Waals surface area contributed by atoms with E-state index in [9.17, 15) is 18.0 Å². The van der Waals surface area contributed by atoms with Crippen LogP contribution in [-0.2, 0) is 6.42 Å². The Morgan fingerprint density at radius 3 is 2.74 bits per heavy atom. The molecule has 0 bridgehead atoms. The molecule has 2 N–H and O–H groups in total. The lowest BCUT2D eigenvalue weighted by Gasteiger charge is -2.16. The van der Waals surface area contributed by atoms with E-state index >= 15 is 0 Å². The average Bonchev–Trinajstić information content (AvgIpc) is 3.29. The number of nitrogens with one attached hydrogen (secondary N) is 2. The predicted octanol–water partition coefficient (Wildman–Crippen LogP) is 4.15. The Morgan fingerprint density at radius 1 is 1.26 bits per heavy atom. The van der Waals surface area contributed by atoms with E-state index in [-0.39, 0.29) is 5.56 Å². The van der Waals surface area contributed by atoms with Gasteiger partial charge in [0.15, 0.2) is 0 Å². The van der Waals surface area contributed by atoms with E-state index < -0.39 is 18.1 Å². The van der Waals surface area contributed by atoms with E-state index in [1.54, 1.807) is 24.7 Å². The maximum Gasteiger partial charge on any atom is 0.408 e. The second-order valence-corrected chi connectivity index (χ2v) is 7.89. The minimum Gasteiger partial charge on any atom is -0.345 e. The summed E-state index contributed by atoms with van der Waals surface area (Å²) in [6.45, 7) is 5.09. The van der Waals surface area contributed by atoms with Crippen LogP contribution >= 0.6 is 0 Å². The number of pyridine rings is 1. The summed E-state index contributed by atoms with van der Waals surface area (Å²) in [7, 11) is 0. The van der Waals surface area contributed by atoms with Crippen molar-refractivity contribution in [2.45, 2.75) is 39.4 Å². The molecule has 0 aromatic carbocycles. The molecule has 4 aromatic heterocycles. The van der Waals surface area contributed by atoms with Gasteiger partial charge in [-0.2, -0.15) is 18.3 Å². The fourth-order valence-electron chi connectivity index (χ4n) is 3.33. The second kappa shape index (κ2) is 7.68. The number of aromatic amines is 1. The number of carbonyl (C=O) groups is 1. The highest BCUT2D eigenvalue weighted by molar-refractivity contribution is 6.02. The SMILES string of the molecule is CC(C)Cc1ncc2c(-c3ccn4ncc(C(=O)NC(C)C(F)(F)F)c4c3)c[nH]c2n1. The first kappa shape index (κ1) is 20.8. The van der Waals surface area contributed by atoms with Gasteiger partial charge in [0.2, 0.25) is 0 Å². The number of aromatic nitrogens is 5. The first-order chi connectivity index (χ1) is 14.6. The van der Waals surface area contributed by atoms with Crippen molar-refractivity contribution in [3.8, 4) is 11.1 Å². The van der Waals surface area contributed by atoms with Crippen molar-refractivity contribution < 1.29 is 18.0 Å². The van der Waals surface area contributed by atoms with Crippen LogP contribution in [-0.4, -0.2) is 42.7 Å². The van der Waals surface area contributed by atoms with Crippen LogP contribution in [0.2, 0.25) is 0 Å². The summed E-state index contributed by atoms with van der Waals surface area (Å²) in [6, 6.07) is 1.55. The number of halogens is 3. The standard InChI is InChI=1S/C21H21F3N6O/c1-11(2)6-18-25-9-15-14(8-26-19(15)29-18)13-4-5-30-17(7-13)16(10-27-30)20(31)28-12(3)21(22,23)24/h4-5,7-12H,6H2,1-3H3,(H,28,31)(H,25,26,29).